The quantitative estimate of drug-likeness (QED) is 0.662. The van der Waals surface area contributed by atoms with E-state index >= 15 is 0 Å². The molecule has 11 heavy (non-hydrogen) atoms. The Labute approximate surface area is 78.4 Å². The first kappa shape index (κ1) is 7.09. The maximum absolute atomic E-state index is 4.27. The molecule has 0 aromatic carbocycles. The highest BCUT2D eigenvalue weighted by Crippen LogP contribution is 2.10. The third-order valence-electron chi connectivity index (χ3n) is 1.55. The van der Waals surface area contributed by atoms with E-state index in [-0.39, 0.29) is 0 Å². The van der Waals surface area contributed by atoms with E-state index < -0.39 is 0 Å². The zero-order chi connectivity index (χ0) is 7.84. The van der Waals surface area contributed by atoms with Gasteiger partial charge in [0.25, 0.3) is 0 Å². The fourth-order valence-corrected chi connectivity index (χ4v) is 1.57. The lowest BCUT2D eigenvalue weighted by atomic mass is 10.4. The average Bonchev–Trinajstić information content (AvgIpc) is 2.27. The molecular formula is C8H7IN2. The fourth-order valence-electron chi connectivity index (χ4n) is 1.10. The van der Waals surface area contributed by atoms with E-state index in [9.17, 15) is 0 Å². The van der Waals surface area contributed by atoms with Crippen molar-refractivity contribution in [3.63, 3.8) is 0 Å². The molecule has 2 aromatic heterocycles. The van der Waals surface area contributed by atoms with Crippen LogP contribution in [0, 0.1) is 10.5 Å². The summed E-state index contributed by atoms with van der Waals surface area (Å²) in [6.07, 6.45) is 1.98. The molecule has 2 rings (SSSR count). The highest BCUT2D eigenvalue weighted by Gasteiger charge is 1.95. The van der Waals surface area contributed by atoms with Crippen molar-refractivity contribution in [2.24, 2.45) is 0 Å². The number of nitrogens with zero attached hydrogens (tertiary/aromatic N) is 2. The maximum Gasteiger partial charge on any atom is 0.0674 e. The van der Waals surface area contributed by atoms with Crippen LogP contribution in [0.5, 0.6) is 0 Å². The van der Waals surface area contributed by atoms with Crippen LogP contribution in [-0.2, 0) is 0 Å². The molecule has 0 atom stereocenters. The molecule has 0 saturated carbocycles. The fraction of sp³-hybridized carbons (Fsp3) is 0.125. The van der Waals surface area contributed by atoms with E-state index in [2.05, 4.69) is 39.8 Å². The monoisotopic (exact) mass is 258 g/mol. The van der Waals surface area contributed by atoms with Crippen LogP contribution in [0.1, 0.15) is 5.69 Å². The minimum atomic E-state index is 1.06. The normalized spacial score (nSPS) is 10.7. The summed E-state index contributed by atoms with van der Waals surface area (Å²) in [4.78, 5) is 0. The molecule has 0 aliphatic carbocycles. The minimum Gasteiger partial charge on any atom is -0.241 e. The summed E-state index contributed by atoms with van der Waals surface area (Å²) in [5, 5.41) is 4.27. The summed E-state index contributed by atoms with van der Waals surface area (Å²) in [5.41, 5.74) is 2.22. The molecule has 56 valence electrons. The molecule has 0 bridgehead atoms. The lowest BCUT2D eigenvalue weighted by molar-refractivity contribution is 0.933. The molecule has 0 N–H and O–H groups in total. The predicted octanol–water partition coefficient (Wildman–Crippen LogP) is 2.25. The molecule has 2 nitrogen and oxygen atoms in total. The van der Waals surface area contributed by atoms with Gasteiger partial charge in [0.2, 0.25) is 0 Å². The molecule has 2 aromatic rings. The zero-order valence-electron chi connectivity index (χ0n) is 6.08. The third kappa shape index (κ3) is 1.24. The standard InChI is InChI=1S/C8H7IN2/c1-6-4-8-5-7(9)2-3-11(8)10-6/h2-5H,1H3. The van der Waals surface area contributed by atoms with Gasteiger partial charge in [-0.25, -0.2) is 4.52 Å². The van der Waals surface area contributed by atoms with Crippen molar-refractivity contribution in [3.8, 4) is 0 Å². The van der Waals surface area contributed by atoms with Gasteiger partial charge in [-0.2, -0.15) is 5.10 Å². The number of pyridine rings is 1. The van der Waals surface area contributed by atoms with Crippen molar-refractivity contribution in [1.82, 2.24) is 9.61 Å². The van der Waals surface area contributed by atoms with Gasteiger partial charge in [0.15, 0.2) is 0 Å². The number of hydrogen-bond acceptors (Lipinski definition) is 1. The summed E-state index contributed by atoms with van der Waals surface area (Å²) in [7, 11) is 0. The van der Waals surface area contributed by atoms with Gasteiger partial charge in [-0.1, -0.05) is 0 Å². The second-order valence-corrected chi connectivity index (χ2v) is 3.75. The van der Waals surface area contributed by atoms with E-state index in [1.807, 2.05) is 23.7 Å². The molecule has 0 aliphatic heterocycles. The highest BCUT2D eigenvalue weighted by atomic mass is 127. The lowest BCUT2D eigenvalue weighted by Crippen LogP contribution is -1.85. The average molecular weight is 258 g/mol. The van der Waals surface area contributed by atoms with Crippen molar-refractivity contribution < 1.29 is 0 Å². The minimum absolute atomic E-state index is 1.06. The van der Waals surface area contributed by atoms with Gasteiger partial charge in [-0.15, -0.1) is 0 Å². The molecule has 3 heteroatoms. The van der Waals surface area contributed by atoms with Crippen molar-refractivity contribution >= 4 is 28.1 Å². The van der Waals surface area contributed by atoms with Crippen molar-refractivity contribution in [3.05, 3.63) is 33.7 Å². The highest BCUT2D eigenvalue weighted by molar-refractivity contribution is 14.1. The van der Waals surface area contributed by atoms with Crippen LogP contribution in [0.4, 0.5) is 0 Å². The Kier molecular flexibility index (Phi) is 1.60. The number of aryl methyl sites for hydroxylation is 1. The largest absolute Gasteiger partial charge is 0.241 e. The van der Waals surface area contributed by atoms with Crippen LogP contribution < -0.4 is 0 Å². The van der Waals surface area contributed by atoms with E-state index in [1.54, 1.807) is 0 Å². The summed E-state index contributed by atoms with van der Waals surface area (Å²) < 4.78 is 3.13. The smallest absolute Gasteiger partial charge is 0.0674 e. The van der Waals surface area contributed by atoms with Gasteiger partial charge < -0.3 is 0 Å². The predicted molar refractivity (Wildman–Crippen MR) is 52.6 cm³/mol. The Morgan fingerprint density at radius 1 is 1.45 bits per heavy atom. The van der Waals surface area contributed by atoms with Crippen molar-refractivity contribution in [2.75, 3.05) is 0 Å². The zero-order valence-corrected chi connectivity index (χ0v) is 8.24. The summed E-state index contributed by atoms with van der Waals surface area (Å²) in [6, 6.07) is 6.22. The number of fused-ring (bicyclic) bond motifs is 1. The summed E-state index contributed by atoms with van der Waals surface area (Å²) in [6.45, 7) is 2.00. The van der Waals surface area contributed by atoms with Gasteiger partial charge in [0, 0.05) is 9.77 Å². The van der Waals surface area contributed by atoms with Gasteiger partial charge in [0.05, 0.1) is 11.2 Å². The first-order valence-corrected chi connectivity index (χ1v) is 4.45. The van der Waals surface area contributed by atoms with E-state index in [0.29, 0.717) is 0 Å². The Bertz CT molecular complexity index is 392. The summed E-state index contributed by atoms with van der Waals surface area (Å²) in [5.74, 6) is 0. The second kappa shape index (κ2) is 2.48. The van der Waals surface area contributed by atoms with E-state index in [1.165, 1.54) is 3.57 Å². The van der Waals surface area contributed by atoms with Gasteiger partial charge >= 0.3 is 0 Å². The Hall–Kier alpha value is -0.580. The summed E-state index contributed by atoms with van der Waals surface area (Å²) >= 11 is 2.30. The first-order chi connectivity index (χ1) is 5.25. The first-order valence-electron chi connectivity index (χ1n) is 3.37. The number of hydrogen-bond donors (Lipinski definition) is 0. The Morgan fingerprint density at radius 2 is 2.27 bits per heavy atom. The molecular weight excluding hydrogens is 251 g/mol. The van der Waals surface area contributed by atoms with Gasteiger partial charge in [-0.3, -0.25) is 0 Å². The van der Waals surface area contributed by atoms with Gasteiger partial charge in [0.1, 0.15) is 0 Å². The van der Waals surface area contributed by atoms with Crippen LogP contribution in [-0.4, -0.2) is 9.61 Å². The second-order valence-electron chi connectivity index (χ2n) is 2.50. The van der Waals surface area contributed by atoms with Crippen LogP contribution in [0.25, 0.3) is 5.52 Å². The Balaban J connectivity index is 2.82. The molecule has 2 heterocycles. The molecule has 0 unspecified atom stereocenters. The molecule has 0 radical (unpaired) electrons. The van der Waals surface area contributed by atoms with Crippen molar-refractivity contribution in [1.29, 1.82) is 0 Å². The molecule has 0 saturated heterocycles. The molecule has 0 spiro atoms. The molecule has 0 fully saturated rings. The van der Waals surface area contributed by atoms with Crippen molar-refractivity contribution in [2.45, 2.75) is 6.92 Å². The van der Waals surface area contributed by atoms with E-state index in [0.717, 1.165) is 11.2 Å². The van der Waals surface area contributed by atoms with Crippen LogP contribution in [0.2, 0.25) is 0 Å². The van der Waals surface area contributed by atoms with Crippen LogP contribution in [0.15, 0.2) is 24.4 Å². The maximum atomic E-state index is 4.27. The third-order valence-corrected chi connectivity index (χ3v) is 2.22. The number of halogens is 1. The van der Waals surface area contributed by atoms with E-state index in [4.69, 9.17) is 0 Å². The van der Waals surface area contributed by atoms with Crippen LogP contribution in [0.3, 0.4) is 0 Å². The molecule has 0 aliphatic rings. The Morgan fingerprint density at radius 3 is 3.09 bits per heavy atom. The topological polar surface area (TPSA) is 17.3 Å². The number of rotatable bonds is 0. The molecule has 0 amide bonds. The lowest BCUT2D eigenvalue weighted by Gasteiger charge is -1.91. The number of aromatic nitrogens is 2. The SMILES string of the molecule is Cc1cc2cc(I)ccn2n1. The van der Waals surface area contributed by atoms with Gasteiger partial charge in [-0.05, 0) is 47.7 Å². The van der Waals surface area contributed by atoms with Crippen LogP contribution >= 0.6 is 22.6 Å².